The lowest BCUT2D eigenvalue weighted by Crippen LogP contribution is -1.81. The summed E-state index contributed by atoms with van der Waals surface area (Å²) in [5, 5.41) is 0. The summed E-state index contributed by atoms with van der Waals surface area (Å²) in [4.78, 5) is 0. The summed E-state index contributed by atoms with van der Waals surface area (Å²) in [6.07, 6.45) is 10.4. The van der Waals surface area contributed by atoms with Crippen LogP contribution in [-0.4, -0.2) is 0 Å². The molecule has 0 aliphatic heterocycles. The number of benzene rings is 1. The number of unbranched alkanes of at least 4 members (excludes halogenated alkanes) is 8. The highest BCUT2D eigenvalue weighted by atomic mass is 19.2. The predicted octanol–water partition coefficient (Wildman–Crippen LogP) is 6.83. The standard InChI is InChI=1S/C20H26F2/c1-2-3-4-5-6-7-8-9-10-14-17-19(21)20(22)18-15-12-11-13-16-18/h11-13,15-16H,2-10H2,1H3/b20-19+. The lowest BCUT2D eigenvalue weighted by atomic mass is 10.1. The first-order valence-electron chi connectivity index (χ1n) is 8.35. The summed E-state index contributed by atoms with van der Waals surface area (Å²) < 4.78 is 27.3. The van der Waals surface area contributed by atoms with Crippen LogP contribution in [0.2, 0.25) is 0 Å². The van der Waals surface area contributed by atoms with Gasteiger partial charge < -0.3 is 0 Å². The summed E-state index contributed by atoms with van der Waals surface area (Å²) >= 11 is 0. The largest absolute Gasteiger partial charge is 0.209 e. The van der Waals surface area contributed by atoms with E-state index in [1.807, 2.05) is 0 Å². The molecule has 1 aromatic carbocycles. The molecule has 120 valence electrons. The van der Waals surface area contributed by atoms with Gasteiger partial charge >= 0.3 is 0 Å². The molecule has 0 N–H and O–H groups in total. The molecule has 1 aromatic rings. The molecule has 0 atom stereocenters. The maximum Gasteiger partial charge on any atom is 0.209 e. The van der Waals surface area contributed by atoms with E-state index >= 15 is 0 Å². The van der Waals surface area contributed by atoms with Crippen LogP contribution in [0.5, 0.6) is 0 Å². The number of allylic oxidation sites excluding steroid dienone is 1. The molecule has 0 aliphatic carbocycles. The van der Waals surface area contributed by atoms with Crippen molar-refractivity contribution >= 4 is 5.83 Å². The van der Waals surface area contributed by atoms with Gasteiger partial charge in [-0.2, -0.15) is 4.39 Å². The summed E-state index contributed by atoms with van der Waals surface area (Å²) in [7, 11) is 0. The molecule has 0 saturated carbocycles. The molecule has 0 aliphatic rings. The minimum absolute atomic E-state index is 0.237. The zero-order valence-electron chi connectivity index (χ0n) is 13.5. The van der Waals surface area contributed by atoms with Crippen molar-refractivity contribution in [2.45, 2.75) is 64.7 Å². The van der Waals surface area contributed by atoms with Gasteiger partial charge in [-0.1, -0.05) is 88.1 Å². The SMILES string of the molecule is CCCCCCCCCCC#C/C(F)=C(\F)c1ccccc1. The van der Waals surface area contributed by atoms with Crippen LogP contribution in [0.3, 0.4) is 0 Å². The normalized spacial score (nSPS) is 11.6. The smallest absolute Gasteiger partial charge is 0.202 e. The monoisotopic (exact) mass is 304 g/mol. The highest BCUT2D eigenvalue weighted by Crippen LogP contribution is 2.20. The molecule has 0 bridgehead atoms. The zero-order chi connectivity index (χ0) is 16.0. The summed E-state index contributed by atoms with van der Waals surface area (Å²) in [5.74, 6) is 3.17. The summed E-state index contributed by atoms with van der Waals surface area (Å²) in [5.41, 5.74) is 0.237. The van der Waals surface area contributed by atoms with Gasteiger partial charge in [-0.25, -0.2) is 4.39 Å². The molecule has 22 heavy (non-hydrogen) atoms. The first kappa shape index (κ1) is 18.4. The van der Waals surface area contributed by atoms with E-state index in [-0.39, 0.29) is 5.56 Å². The second-order valence-electron chi connectivity index (χ2n) is 5.52. The highest BCUT2D eigenvalue weighted by Gasteiger charge is 2.05. The van der Waals surface area contributed by atoms with Gasteiger partial charge in [0.05, 0.1) is 0 Å². The van der Waals surface area contributed by atoms with E-state index in [0.29, 0.717) is 6.42 Å². The molecule has 0 saturated heterocycles. The zero-order valence-corrected chi connectivity index (χ0v) is 13.5. The van der Waals surface area contributed by atoms with Gasteiger partial charge in [0.2, 0.25) is 5.83 Å². The Kier molecular flexibility index (Phi) is 10.0. The lowest BCUT2D eigenvalue weighted by molar-refractivity contribution is 0.579. The molecule has 0 nitrogen and oxygen atoms in total. The third-order valence-electron chi connectivity index (χ3n) is 3.57. The molecule has 0 unspecified atom stereocenters. The predicted molar refractivity (Wildman–Crippen MR) is 90.6 cm³/mol. The Bertz CT molecular complexity index is 491. The fourth-order valence-electron chi connectivity index (χ4n) is 2.25. The highest BCUT2D eigenvalue weighted by molar-refractivity contribution is 5.64. The van der Waals surface area contributed by atoms with Crippen molar-refractivity contribution in [3.05, 3.63) is 41.7 Å². The third kappa shape index (κ3) is 7.98. The van der Waals surface area contributed by atoms with E-state index in [4.69, 9.17) is 0 Å². The van der Waals surface area contributed by atoms with Crippen molar-refractivity contribution in [1.82, 2.24) is 0 Å². The molecule has 0 fully saturated rings. The van der Waals surface area contributed by atoms with Crippen LogP contribution in [-0.2, 0) is 0 Å². The molecule has 0 amide bonds. The average molecular weight is 304 g/mol. The minimum Gasteiger partial charge on any atom is -0.202 e. The van der Waals surface area contributed by atoms with Crippen molar-refractivity contribution in [3.8, 4) is 11.8 Å². The number of hydrogen-bond acceptors (Lipinski definition) is 0. The Balaban J connectivity index is 2.21. The van der Waals surface area contributed by atoms with E-state index in [9.17, 15) is 8.78 Å². The molecular formula is C20H26F2. The summed E-state index contributed by atoms with van der Waals surface area (Å²) in [6.45, 7) is 2.22. The Hall–Kier alpha value is -1.62. The van der Waals surface area contributed by atoms with Gasteiger partial charge in [0.15, 0.2) is 5.83 Å². The van der Waals surface area contributed by atoms with Crippen molar-refractivity contribution in [3.63, 3.8) is 0 Å². The topological polar surface area (TPSA) is 0 Å². The fourth-order valence-corrected chi connectivity index (χ4v) is 2.25. The Morgan fingerprint density at radius 2 is 1.45 bits per heavy atom. The molecule has 2 heteroatoms. The van der Waals surface area contributed by atoms with E-state index in [0.717, 1.165) is 12.8 Å². The van der Waals surface area contributed by atoms with Crippen molar-refractivity contribution in [1.29, 1.82) is 0 Å². The second-order valence-corrected chi connectivity index (χ2v) is 5.52. The molecule has 0 radical (unpaired) electrons. The van der Waals surface area contributed by atoms with E-state index in [1.165, 1.54) is 50.7 Å². The van der Waals surface area contributed by atoms with Crippen molar-refractivity contribution < 1.29 is 8.78 Å². The van der Waals surface area contributed by atoms with Gasteiger partial charge in [0.25, 0.3) is 0 Å². The van der Waals surface area contributed by atoms with Crippen LogP contribution in [0.15, 0.2) is 36.2 Å². The quantitative estimate of drug-likeness (QED) is 0.346. The van der Waals surface area contributed by atoms with E-state index in [2.05, 4.69) is 18.8 Å². The van der Waals surface area contributed by atoms with Crippen LogP contribution in [0.25, 0.3) is 5.83 Å². The fraction of sp³-hybridized carbons (Fsp3) is 0.500. The molecule has 0 spiro atoms. The maximum absolute atomic E-state index is 13.7. The Morgan fingerprint density at radius 3 is 2.09 bits per heavy atom. The van der Waals surface area contributed by atoms with Gasteiger partial charge in [-0.3, -0.25) is 0 Å². The van der Waals surface area contributed by atoms with Crippen LogP contribution < -0.4 is 0 Å². The van der Waals surface area contributed by atoms with Crippen LogP contribution in [0, 0.1) is 11.8 Å². The van der Waals surface area contributed by atoms with E-state index in [1.54, 1.807) is 18.2 Å². The Morgan fingerprint density at radius 1 is 0.864 bits per heavy atom. The van der Waals surface area contributed by atoms with Crippen LogP contribution >= 0.6 is 0 Å². The molecule has 1 rings (SSSR count). The number of hydrogen-bond donors (Lipinski definition) is 0. The minimum atomic E-state index is -0.967. The molecular weight excluding hydrogens is 278 g/mol. The summed E-state index contributed by atoms with van der Waals surface area (Å²) in [6, 6.07) is 8.19. The molecule has 0 heterocycles. The maximum atomic E-state index is 13.7. The van der Waals surface area contributed by atoms with Gasteiger partial charge in [-0.05, 0) is 12.3 Å². The van der Waals surface area contributed by atoms with Crippen molar-refractivity contribution in [2.75, 3.05) is 0 Å². The second kappa shape index (κ2) is 12.0. The number of rotatable bonds is 9. The van der Waals surface area contributed by atoms with Crippen molar-refractivity contribution in [2.24, 2.45) is 0 Å². The average Bonchev–Trinajstić information content (AvgIpc) is 2.56. The van der Waals surface area contributed by atoms with Crippen LogP contribution in [0.1, 0.15) is 70.3 Å². The first-order chi connectivity index (χ1) is 10.8. The van der Waals surface area contributed by atoms with Gasteiger partial charge in [0, 0.05) is 12.0 Å². The van der Waals surface area contributed by atoms with Gasteiger partial charge in [-0.15, -0.1) is 0 Å². The first-order valence-corrected chi connectivity index (χ1v) is 8.35. The number of halogens is 2. The molecule has 0 aromatic heterocycles. The van der Waals surface area contributed by atoms with Crippen LogP contribution in [0.4, 0.5) is 8.78 Å². The lowest BCUT2D eigenvalue weighted by Gasteiger charge is -1.99. The Labute approximate surface area is 133 Å². The third-order valence-corrected chi connectivity index (χ3v) is 3.57. The van der Waals surface area contributed by atoms with Gasteiger partial charge in [0.1, 0.15) is 0 Å². The van der Waals surface area contributed by atoms with E-state index < -0.39 is 11.7 Å².